The van der Waals surface area contributed by atoms with Gasteiger partial charge in [-0.3, -0.25) is 0 Å². The molecule has 1 aliphatic heterocycles. The molecule has 3 N–H and O–H groups in total. The molecule has 0 aliphatic carbocycles. The molecule has 0 bridgehead atoms. The molecule has 1 saturated heterocycles. The highest BCUT2D eigenvalue weighted by Gasteiger charge is 2.34. The topological polar surface area (TPSA) is 108 Å². The molecule has 1 amide bonds. The van der Waals surface area contributed by atoms with E-state index in [1.807, 2.05) is 0 Å². The summed E-state index contributed by atoms with van der Waals surface area (Å²) in [5.41, 5.74) is 4.80. The van der Waals surface area contributed by atoms with Gasteiger partial charge in [0.2, 0.25) is 0 Å². The van der Waals surface area contributed by atoms with Gasteiger partial charge in [0.1, 0.15) is 12.7 Å². The third-order valence-electron chi connectivity index (χ3n) is 1.71. The molecule has 0 aromatic carbocycles. The van der Waals surface area contributed by atoms with Gasteiger partial charge in [-0.2, -0.15) is 0 Å². The summed E-state index contributed by atoms with van der Waals surface area (Å²) in [4.78, 5) is 21.0. The zero-order valence-electron chi connectivity index (χ0n) is 7.34. The van der Waals surface area contributed by atoms with Crippen LogP contribution in [-0.2, 0) is 14.2 Å². The lowest BCUT2D eigenvalue weighted by atomic mass is 10.1. The Labute approximate surface area is 79.7 Å². The first-order valence-corrected chi connectivity index (χ1v) is 4.04. The van der Waals surface area contributed by atoms with Gasteiger partial charge in [-0.15, -0.1) is 0 Å². The maximum Gasteiger partial charge on any atom is 0.508 e. The molecule has 1 heterocycles. The number of aliphatic hydroxyl groups excluding tert-OH is 1. The summed E-state index contributed by atoms with van der Waals surface area (Å²) in [6.07, 6.45) is -3.10. The quantitative estimate of drug-likeness (QED) is 0.591. The van der Waals surface area contributed by atoms with E-state index in [-0.39, 0.29) is 19.6 Å². The first kappa shape index (κ1) is 10.6. The average molecular weight is 205 g/mol. The van der Waals surface area contributed by atoms with Crippen molar-refractivity contribution in [3.8, 4) is 0 Å². The first-order valence-electron chi connectivity index (χ1n) is 4.04. The summed E-state index contributed by atoms with van der Waals surface area (Å²) >= 11 is 0. The second kappa shape index (κ2) is 4.66. The van der Waals surface area contributed by atoms with Crippen molar-refractivity contribution in [2.24, 2.45) is 5.73 Å². The largest absolute Gasteiger partial charge is 0.508 e. The van der Waals surface area contributed by atoms with Gasteiger partial charge in [-0.1, -0.05) is 0 Å². The molecule has 0 aromatic rings. The number of aliphatic hydroxyl groups is 1. The van der Waals surface area contributed by atoms with Gasteiger partial charge >= 0.3 is 12.2 Å². The number of carbonyl (C=O) groups excluding carboxylic acids is 2. The fourth-order valence-electron chi connectivity index (χ4n) is 1.12. The minimum Gasteiger partial charge on any atom is -0.442 e. The van der Waals surface area contributed by atoms with Crippen LogP contribution in [0.25, 0.3) is 0 Å². The maximum atomic E-state index is 10.6. The molecule has 1 fully saturated rings. The van der Waals surface area contributed by atoms with E-state index in [1.165, 1.54) is 0 Å². The van der Waals surface area contributed by atoms with Crippen molar-refractivity contribution in [2.75, 3.05) is 13.2 Å². The predicted molar refractivity (Wildman–Crippen MR) is 42.4 cm³/mol. The Morgan fingerprint density at radius 2 is 2.50 bits per heavy atom. The number of carbonyl (C=O) groups is 2. The molecule has 7 heteroatoms. The van der Waals surface area contributed by atoms with E-state index in [1.54, 1.807) is 0 Å². The Bertz CT molecular complexity index is 230. The van der Waals surface area contributed by atoms with Crippen molar-refractivity contribution in [3.05, 3.63) is 0 Å². The second-order valence-corrected chi connectivity index (χ2v) is 2.70. The van der Waals surface area contributed by atoms with Crippen LogP contribution in [0.2, 0.25) is 0 Å². The van der Waals surface area contributed by atoms with Crippen molar-refractivity contribution in [3.63, 3.8) is 0 Å². The summed E-state index contributed by atoms with van der Waals surface area (Å²) in [5, 5.41) is 8.66. The Kier molecular flexibility index (Phi) is 3.52. The summed E-state index contributed by atoms with van der Waals surface area (Å²) in [5.74, 6) is 0. The second-order valence-electron chi connectivity index (χ2n) is 2.70. The average Bonchev–Trinajstić information content (AvgIpc) is 2.50. The minimum atomic E-state index is -0.980. The molecule has 0 radical (unpaired) electrons. The van der Waals surface area contributed by atoms with E-state index >= 15 is 0 Å². The Balaban J connectivity index is 2.48. The monoisotopic (exact) mass is 205 g/mol. The number of hydrogen-bond donors (Lipinski definition) is 2. The van der Waals surface area contributed by atoms with Crippen molar-refractivity contribution in [1.29, 1.82) is 0 Å². The van der Waals surface area contributed by atoms with E-state index in [0.717, 1.165) is 0 Å². The molecule has 0 aromatic heterocycles. The molecular formula is C7H11NO6. The van der Waals surface area contributed by atoms with E-state index in [2.05, 4.69) is 14.2 Å². The van der Waals surface area contributed by atoms with Gasteiger partial charge in [0.25, 0.3) is 0 Å². The molecule has 0 spiro atoms. The molecule has 1 rings (SSSR count). The van der Waals surface area contributed by atoms with Crippen LogP contribution in [0, 0.1) is 0 Å². The number of ether oxygens (including phenoxy) is 3. The fraction of sp³-hybridized carbons (Fsp3) is 0.714. The highest BCUT2D eigenvalue weighted by Crippen LogP contribution is 2.15. The van der Waals surface area contributed by atoms with Gasteiger partial charge in [0.15, 0.2) is 6.10 Å². The molecule has 7 nitrogen and oxygen atoms in total. The van der Waals surface area contributed by atoms with Crippen molar-refractivity contribution in [1.82, 2.24) is 0 Å². The summed E-state index contributed by atoms with van der Waals surface area (Å²) in [7, 11) is 0. The Morgan fingerprint density at radius 3 is 2.93 bits per heavy atom. The van der Waals surface area contributed by atoms with Crippen molar-refractivity contribution >= 4 is 12.2 Å². The zero-order chi connectivity index (χ0) is 10.6. The normalized spacial score (nSPS) is 22.4. The van der Waals surface area contributed by atoms with Crippen LogP contribution in [0.15, 0.2) is 0 Å². The SMILES string of the molecule is NC(=O)OC(CCO)C1COC(=O)O1. The van der Waals surface area contributed by atoms with Crippen LogP contribution in [0.4, 0.5) is 9.59 Å². The van der Waals surface area contributed by atoms with Gasteiger partial charge in [-0.05, 0) is 0 Å². The molecule has 0 saturated carbocycles. The zero-order valence-corrected chi connectivity index (χ0v) is 7.34. The summed E-state index contributed by atoms with van der Waals surface area (Å²) < 4.78 is 13.8. The summed E-state index contributed by atoms with van der Waals surface area (Å²) in [6.45, 7) is -0.206. The molecule has 2 unspecified atom stereocenters. The van der Waals surface area contributed by atoms with Crippen LogP contribution < -0.4 is 5.73 Å². The standard InChI is InChI=1S/C7H11NO6/c8-6(10)13-4(1-2-9)5-3-12-7(11)14-5/h4-5,9H,1-3H2,(H2,8,10). The number of cyclic esters (lactones) is 2. The molecule has 1 aliphatic rings. The smallest absolute Gasteiger partial charge is 0.442 e. The lowest BCUT2D eigenvalue weighted by molar-refractivity contribution is 0.00591. The van der Waals surface area contributed by atoms with E-state index < -0.39 is 24.5 Å². The highest BCUT2D eigenvalue weighted by atomic mass is 16.8. The fourth-order valence-corrected chi connectivity index (χ4v) is 1.12. The van der Waals surface area contributed by atoms with E-state index in [4.69, 9.17) is 10.8 Å². The van der Waals surface area contributed by atoms with Crippen LogP contribution >= 0.6 is 0 Å². The maximum absolute atomic E-state index is 10.6. The minimum absolute atomic E-state index is 0.00319. The predicted octanol–water partition coefficient (Wildman–Crippen LogP) is -0.632. The van der Waals surface area contributed by atoms with Gasteiger partial charge in [-0.25, -0.2) is 9.59 Å². The Morgan fingerprint density at radius 1 is 1.79 bits per heavy atom. The number of amides is 1. The molecule has 14 heavy (non-hydrogen) atoms. The number of rotatable bonds is 4. The molecule has 2 atom stereocenters. The highest BCUT2D eigenvalue weighted by molar-refractivity contribution is 5.65. The van der Waals surface area contributed by atoms with Crippen LogP contribution in [0.3, 0.4) is 0 Å². The lowest BCUT2D eigenvalue weighted by Crippen LogP contribution is -2.35. The first-order chi connectivity index (χ1) is 6.63. The van der Waals surface area contributed by atoms with Gasteiger partial charge < -0.3 is 25.1 Å². The molecular weight excluding hydrogens is 194 g/mol. The van der Waals surface area contributed by atoms with E-state index in [0.29, 0.717) is 0 Å². The lowest BCUT2D eigenvalue weighted by Gasteiger charge is -2.18. The number of hydrogen-bond acceptors (Lipinski definition) is 6. The number of primary amides is 1. The van der Waals surface area contributed by atoms with E-state index in [9.17, 15) is 9.59 Å². The van der Waals surface area contributed by atoms with Crippen LogP contribution in [0.1, 0.15) is 6.42 Å². The Hall–Kier alpha value is -1.50. The van der Waals surface area contributed by atoms with Crippen LogP contribution in [0.5, 0.6) is 0 Å². The van der Waals surface area contributed by atoms with Gasteiger partial charge in [0.05, 0.1) is 0 Å². The summed E-state index contributed by atoms with van der Waals surface area (Å²) in [6, 6.07) is 0. The third-order valence-corrected chi connectivity index (χ3v) is 1.71. The van der Waals surface area contributed by atoms with Crippen molar-refractivity contribution in [2.45, 2.75) is 18.6 Å². The van der Waals surface area contributed by atoms with Gasteiger partial charge in [0, 0.05) is 13.0 Å². The van der Waals surface area contributed by atoms with Crippen molar-refractivity contribution < 1.29 is 28.9 Å². The molecule has 80 valence electrons. The number of nitrogens with two attached hydrogens (primary N) is 1. The van der Waals surface area contributed by atoms with Crippen LogP contribution in [-0.4, -0.2) is 42.8 Å². The third kappa shape index (κ3) is 2.77.